The number of aldehydes is 1. The standard InChI is InChI=1S/C22H27NO4Si/c1-22(2,3)28(19-10-6-4-7-11-19,20-12-8-5-9-13-20)27-18-14-17(16-24)23(15-18)21(25)26/h4-13,16-18H,14-15H2,1-3H3,(H,25,26)/t17-,18-/m1/s1. The molecule has 6 heteroatoms. The van der Waals surface area contributed by atoms with Crippen LogP contribution >= 0.6 is 0 Å². The van der Waals surface area contributed by atoms with Gasteiger partial charge in [-0.25, -0.2) is 4.79 Å². The van der Waals surface area contributed by atoms with Crippen LogP contribution in [0, 0.1) is 0 Å². The molecule has 3 rings (SSSR count). The lowest BCUT2D eigenvalue weighted by Crippen LogP contribution is -2.67. The number of carbonyl (C=O) groups excluding carboxylic acids is 1. The largest absolute Gasteiger partial charge is 0.465 e. The Balaban J connectivity index is 2.10. The van der Waals surface area contributed by atoms with E-state index in [1.807, 2.05) is 36.4 Å². The summed E-state index contributed by atoms with van der Waals surface area (Å²) in [5.41, 5.74) is 0. The van der Waals surface area contributed by atoms with Gasteiger partial charge < -0.3 is 14.3 Å². The first kappa shape index (κ1) is 20.3. The third-order valence-electron chi connectivity index (χ3n) is 5.47. The summed E-state index contributed by atoms with van der Waals surface area (Å²) in [6.07, 6.45) is -0.299. The van der Waals surface area contributed by atoms with E-state index in [2.05, 4.69) is 45.0 Å². The fourth-order valence-corrected chi connectivity index (χ4v) is 8.89. The molecule has 2 atom stereocenters. The van der Waals surface area contributed by atoms with Crippen molar-refractivity contribution in [3.05, 3.63) is 60.7 Å². The summed E-state index contributed by atoms with van der Waals surface area (Å²) in [7, 11) is -2.76. The van der Waals surface area contributed by atoms with Crippen molar-refractivity contribution < 1.29 is 19.1 Å². The van der Waals surface area contributed by atoms with E-state index in [1.54, 1.807) is 0 Å². The molecule has 0 radical (unpaired) electrons. The van der Waals surface area contributed by atoms with Gasteiger partial charge >= 0.3 is 6.09 Å². The molecule has 2 aromatic rings. The van der Waals surface area contributed by atoms with Crippen molar-refractivity contribution in [2.45, 2.75) is 44.4 Å². The molecule has 2 aromatic carbocycles. The number of carboxylic acid groups (broad SMARTS) is 1. The number of rotatable bonds is 5. The first-order valence-electron chi connectivity index (χ1n) is 9.53. The highest BCUT2D eigenvalue weighted by atomic mass is 28.4. The highest BCUT2D eigenvalue weighted by molar-refractivity contribution is 6.99. The zero-order valence-electron chi connectivity index (χ0n) is 16.5. The number of hydrogen-bond acceptors (Lipinski definition) is 3. The summed E-state index contributed by atoms with van der Waals surface area (Å²) in [5, 5.41) is 11.5. The lowest BCUT2D eigenvalue weighted by atomic mass is 10.2. The summed E-state index contributed by atoms with van der Waals surface area (Å²) < 4.78 is 6.92. The van der Waals surface area contributed by atoms with Crippen molar-refractivity contribution >= 4 is 31.1 Å². The van der Waals surface area contributed by atoms with Crippen LogP contribution in [0.2, 0.25) is 5.04 Å². The number of carbonyl (C=O) groups is 2. The van der Waals surface area contributed by atoms with E-state index in [0.29, 0.717) is 12.7 Å². The second-order valence-corrected chi connectivity index (χ2v) is 12.5. The minimum Gasteiger partial charge on any atom is -0.465 e. The molecule has 0 spiro atoms. The topological polar surface area (TPSA) is 66.8 Å². The fourth-order valence-electron chi connectivity index (χ4n) is 4.20. The molecular weight excluding hydrogens is 370 g/mol. The zero-order valence-corrected chi connectivity index (χ0v) is 17.5. The van der Waals surface area contributed by atoms with Crippen molar-refractivity contribution in [3.63, 3.8) is 0 Å². The molecule has 1 saturated heterocycles. The Morgan fingerprint density at radius 2 is 1.57 bits per heavy atom. The van der Waals surface area contributed by atoms with Crippen LogP contribution in [0.3, 0.4) is 0 Å². The van der Waals surface area contributed by atoms with Gasteiger partial charge in [0, 0.05) is 13.0 Å². The molecule has 1 heterocycles. The Labute approximate surface area is 167 Å². The Bertz CT molecular complexity index is 780. The quantitative estimate of drug-likeness (QED) is 0.622. The average molecular weight is 398 g/mol. The molecule has 1 fully saturated rings. The van der Waals surface area contributed by atoms with E-state index >= 15 is 0 Å². The third-order valence-corrected chi connectivity index (χ3v) is 10.6. The van der Waals surface area contributed by atoms with E-state index in [1.165, 1.54) is 4.90 Å². The van der Waals surface area contributed by atoms with Crippen LogP contribution < -0.4 is 10.4 Å². The number of amides is 1. The van der Waals surface area contributed by atoms with Gasteiger partial charge in [0.05, 0.1) is 12.1 Å². The summed E-state index contributed by atoms with van der Waals surface area (Å²) in [6.45, 7) is 6.75. The van der Waals surface area contributed by atoms with Crippen molar-refractivity contribution in [2.24, 2.45) is 0 Å². The van der Waals surface area contributed by atoms with Crippen molar-refractivity contribution in [1.29, 1.82) is 0 Å². The van der Waals surface area contributed by atoms with Gasteiger partial charge in [-0.2, -0.15) is 0 Å². The molecule has 1 aliphatic heterocycles. The third kappa shape index (κ3) is 3.62. The molecule has 1 amide bonds. The van der Waals surface area contributed by atoms with Crippen LogP contribution in [0.5, 0.6) is 0 Å². The van der Waals surface area contributed by atoms with E-state index in [0.717, 1.165) is 10.4 Å². The number of hydrogen-bond donors (Lipinski definition) is 1. The lowest BCUT2D eigenvalue weighted by molar-refractivity contribution is -0.111. The van der Waals surface area contributed by atoms with Gasteiger partial charge in [-0.15, -0.1) is 0 Å². The predicted octanol–water partition coefficient (Wildman–Crippen LogP) is 2.88. The van der Waals surface area contributed by atoms with Gasteiger partial charge in [0.15, 0.2) is 0 Å². The Morgan fingerprint density at radius 1 is 1.07 bits per heavy atom. The molecule has 0 bridgehead atoms. The molecular formula is C22H27NO4Si. The van der Waals surface area contributed by atoms with E-state index in [-0.39, 0.29) is 17.7 Å². The Hall–Kier alpha value is -2.44. The van der Waals surface area contributed by atoms with Crippen molar-refractivity contribution in [1.82, 2.24) is 4.90 Å². The SMILES string of the molecule is CC(C)(C)[Si](O[C@@H]1C[C@H](C=O)N(C(=O)O)C1)(c1ccccc1)c1ccccc1. The molecule has 0 unspecified atom stereocenters. The molecule has 28 heavy (non-hydrogen) atoms. The van der Waals surface area contributed by atoms with Gasteiger partial charge in [-0.05, 0) is 15.4 Å². The second-order valence-electron chi connectivity index (χ2n) is 8.28. The summed E-state index contributed by atoms with van der Waals surface area (Å²) in [4.78, 5) is 24.2. The highest BCUT2D eigenvalue weighted by Crippen LogP contribution is 2.38. The first-order valence-corrected chi connectivity index (χ1v) is 11.4. The van der Waals surface area contributed by atoms with Crippen molar-refractivity contribution in [2.75, 3.05) is 6.54 Å². The monoisotopic (exact) mass is 397 g/mol. The molecule has 148 valence electrons. The summed E-state index contributed by atoms with van der Waals surface area (Å²) in [5.74, 6) is 0. The maximum atomic E-state index is 11.5. The van der Waals surface area contributed by atoms with Gasteiger partial charge in [0.2, 0.25) is 0 Å². The molecule has 0 aliphatic carbocycles. The first-order chi connectivity index (χ1) is 13.3. The molecule has 1 aliphatic rings. The summed E-state index contributed by atoms with van der Waals surface area (Å²) in [6, 6.07) is 19.8. The number of benzene rings is 2. The van der Waals surface area contributed by atoms with Crippen LogP contribution in [0.1, 0.15) is 27.2 Å². The van der Waals surface area contributed by atoms with E-state index in [9.17, 15) is 14.7 Å². The molecule has 1 N–H and O–H groups in total. The molecule has 5 nitrogen and oxygen atoms in total. The maximum absolute atomic E-state index is 11.5. The number of likely N-dealkylation sites (tertiary alicyclic amines) is 1. The second kappa shape index (κ2) is 7.89. The van der Waals surface area contributed by atoms with Crippen molar-refractivity contribution in [3.8, 4) is 0 Å². The fraction of sp³-hybridized carbons (Fsp3) is 0.364. The Kier molecular flexibility index (Phi) is 5.72. The minimum absolute atomic E-state index is 0.191. The predicted molar refractivity (Wildman–Crippen MR) is 112 cm³/mol. The Morgan fingerprint density at radius 3 is 1.93 bits per heavy atom. The highest BCUT2D eigenvalue weighted by Gasteiger charge is 2.53. The van der Waals surface area contributed by atoms with E-state index in [4.69, 9.17) is 4.43 Å². The van der Waals surface area contributed by atoms with Gasteiger partial charge in [0.25, 0.3) is 8.32 Å². The average Bonchev–Trinajstić information content (AvgIpc) is 3.10. The zero-order chi connectivity index (χ0) is 20.4. The maximum Gasteiger partial charge on any atom is 0.407 e. The summed E-state index contributed by atoms with van der Waals surface area (Å²) >= 11 is 0. The normalized spacial score (nSPS) is 20.2. The van der Waals surface area contributed by atoms with Crippen LogP contribution in [-0.2, 0) is 9.22 Å². The van der Waals surface area contributed by atoms with Crippen LogP contribution in [-0.4, -0.2) is 49.4 Å². The van der Waals surface area contributed by atoms with Crippen LogP contribution in [0.15, 0.2) is 60.7 Å². The van der Waals surface area contributed by atoms with E-state index < -0.39 is 20.5 Å². The molecule has 0 saturated carbocycles. The lowest BCUT2D eigenvalue weighted by Gasteiger charge is -2.44. The van der Waals surface area contributed by atoms with Gasteiger partial charge in [0.1, 0.15) is 6.29 Å². The van der Waals surface area contributed by atoms with Crippen LogP contribution in [0.25, 0.3) is 0 Å². The minimum atomic E-state index is -2.76. The molecule has 0 aromatic heterocycles. The smallest absolute Gasteiger partial charge is 0.407 e. The van der Waals surface area contributed by atoms with Gasteiger partial charge in [-0.1, -0.05) is 81.4 Å². The van der Waals surface area contributed by atoms with Crippen LogP contribution in [0.4, 0.5) is 4.79 Å². The number of nitrogens with zero attached hydrogens (tertiary/aromatic N) is 1. The van der Waals surface area contributed by atoms with Gasteiger partial charge in [-0.3, -0.25) is 4.90 Å².